The molecule has 0 heterocycles. The fraction of sp³-hybridized carbons (Fsp3) is 0.638. The Morgan fingerprint density at radius 3 is 0.787 bits per heavy atom. The Kier molecular flexibility index (Phi) is 58.4. The molecule has 0 aromatic rings. The molecule has 0 N–H and O–H groups in total. The molecular formula is C69H112O6. The van der Waals surface area contributed by atoms with Gasteiger partial charge in [0.15, 0.2) is 6.10 Å². The molecule has 75 heavy (non-hydrogen) atoms. The molecule has 0 saturated heterocycles. The van der Waals surface area contributed by atoms with Crippen molar-refractivity contribution in [1.29, 1.82) is 0 Å². The summed E-state index contributed by atoms with van der Waals surface area (Å²) in [7, 11) is 0. The van der Waals surface area contributed by atoms with Gasteiger partial charge in [-0.25, -0.2) is 0 Å². The van der Waals surface area contributed by atoms with Crippen molar-refractivity contribution in [3.05, 3.63) is 134 Å². The predicted molar refractivity (Wildman–Crippen MR) is 325 cm³/mol. The Hall–Kier alpha value is -4.45. The highest BCUT2D eigenvalue weighted by Gasteiger charge is 2.19. The van der Waals surface area contributed by atoms with Gasteiger partial charge in [-0.15, -0.1) is 0 Å². The van der Waals surface area contributed by atoms with Crippen molar-refractivity contribution >= 4 is 17.9 Å². The molecule has 0 amide bonds. The van der Waals surface area contributed by atoms with Crippen molar-refractivity contribution in [2.24, 2.45) is 0 Å². The van der Waals surface area contributed by atoms with Gasteiger partial charge in [0.25, 0.3) is 0 Å². The third-order valence-corrected chi connectivity index (χ3v) is 12.6. The maximum atomic E-state index is 12.8. The second kappa shape index (κ2) is 62.1. The molecule has 0 fully saturated rings. The molecule has 424 valence electrons. The Bertz CT molecular complexity index is 1620. The van der Waals surface area contributed by atoms with E-state index in [-0.39, 0.29) is 37.5 Å². The highest BCUT2D eigenvalue weighted by Crippen LogP contribution is 2.16. The fourth-order valence-corrected chi connectivity index (χ4v) is 8.15. The second-order valence-electron chi connectivity index (χ2n) is 19.8. The van der Waals surface area contributed by atoms with Crippen molar-refractivity contribution in [2.45, 2.75) is 271 Å². The molecule has 1 unspecified atom stereocenters. The maximum Gasteiger partial charge on any atom is 0.306 e. The lowest BCUT2D eigenvalue weighted by Gasteiger charge is -2.18. The van der Waals surface area contributed by atoms with Crippen molar-refractivity contribution < 1.29 is 28.6 Å². The van der Waals surface area contributed by atoms with Crippen molar-refractivity contribution in [3.8, 4) is 0 Å². The minimum atomic E-state index is -0.815. The summed E-state index contributed by atoms with van der Waals surface area (Å²) in [6.07, 6.45) is 87.6. The van der Waals surface area contributed by atoms with Gasteiger partial charge >= 0.3 is 17.9 Å². The van der Waals surface area contributed by atoms with E-state index in [1.54, 1.807) is 0 Å². The van der Waals surface area contributed by atoms with Crippen LogP contribution in [-0.2, 0) is 28.6 Å². The van der Waals surface area contributed by atoms with Crippen LogP contribution in [0.2, 0.25) is 0 Å². The first-order valence-electron chi connectivity index (χ1n) is 30.7. The molecule has 0 aromatic carbocycles. The lowest BCUT2D eigenvalue weighted by Crippen LogP contribution is -2.30. The van der Waals surface area contributed by atoms with Gasteiger partial charge in [0.2, 0.25) is 0 Å². The molecule has 0 aliphatic heterocycles. The summed E-state index contributed by atoms with van der Waals surface area (Å²) in [5.74, 6) is -0.980. The van der Waals surface area contributed by atoms with E-state index in [2.05, 4.69) is 154 Å². The van der Waals surface area contributed by atoms with Crippen LogP contribution < -0.4 is 0 Å². The summed E-state index contributed by atoms with van der Waals surface area (Å²) >= 11 is 0. The van der Waals surface area contributed by atoms with Crippen LogP contribution in [0.25, 0.3) is 0 Å². The average Bonchev–Trinajstić information content (AvgIpc) is 3.41. The Labute approximate surface area is 462 Å². The van der Waals surface area contributed by atoms with E-state index >= 15 is 0 Å². The van der Waals surface area contributed by atoms with Crippen molar-refractivity contribution in [1.82, 2.24) is 0 Å². The van der Waals surface area contributed by atoms with Gasteiger partial charge in [-0.05, 0) is 128 Å². The highest BCUT2D eigenvalue weighted by molar-refractivity contribution is 5.71. The van der Waals surface area contributed by atoms with Gasteiger partial charge in [0, 0.05) is 19.3 Å². The van der Waals surface area contributed by atoms with Crippen LogP contribution >= 0.6 is 0 Å². The van der Waals surface area contributed by atoms with E-state index in [4.69, 9.17) is 14.2 Å². The number of hydrogen-bond acceptors (Lipinski definition) is 6. The number of rotatable bonds is 54. The van der Waals surface area contributed by atoms with Gasteiger partial charge in [-0.2, -0.15) is 0 Å². The van der Waals surface area contributed by atoms with E-state index in [0.29, 0.717) is 19.3 Å². The zero-order valence-corrected chi connectivity index (χ0v) is 48.5. The molecule has 0 aliphatic carbocycles. The largest absolute Gasteiger partial charge is 0.462 e. The molecule has 0 aromatic heterocycles. The standard InChI is InChI=1S/C69H112O6/c1-4-7-10-13-16-19-22-25-27-28-29-30-31-32-33-34-35-36-37-38-39-40-42-44-47-50-53-56-59-62-68(71)74-65-66(64-73-67(70)61-58-55-52-49-46-43-24-21-18-15-12-9-6-3)75-69(72)63-60-57-54-51-48-45-41-26-23-20-17-14-11-8-5-2/h7-12,16-21,25-27,29-30,41,43,46,48,51,66H,4-6,13-15,22-24,28,31-40,42,44-45,47,49-50,52-65H2,1-3H3/b10-7-,11-8-,12-9-,19-16-,20-17-,21-18-,27-25-,30-29-,41-26-,46-43-,51-48-. The summed E-state index contributed by atoms with van der Waals surface area (Å²) in [5, 5.41) is 0. The Morgan fingerprint density at radius 2 is 0.480 bits per heavy atom. The van der Waals surface area contributed by atoms with Crippen molar-refractivity contribution in [3.63, 3.8) is 0 Å². The normalized spacial score (nSPS) is 13.1. The van der Waals surface area contributed by atoms with Crippen LogP contribution in [0.4, 0.5) is 0 Å². The lowest BCUT2D eigenvalue weighted by molar-refractivity contribution is -0.167. The lowest BCUT2D eigenvalue weighted by atomic mass is 10.0. The summed E-state index contributed by atoms with van der Waals surface area (Å²) in [6.45, 7) is 6.24. The summed E-state index contributed by atoms with van der Waals surface area (Å²) in [4.78, 5) is 38.2. The summed E-state index contributed by atoms with van der Waals surface area (Å²) < 4.78 is 16.8. The zero-order valence-electron chi connectivity index (χ0n) is 48.5. The van der Waals surface area contributed by atoms with Crippen LogP contribution in [0, 0.1) is 0 Å². The van der Waals surface area contributed by atoms with E-state index < -0.39 is 6.10 Å². The number of hydrogen-bond donors (Lipinski definition) is 0. The molecule has 0 radical (unpaired) electrons. The van der Waals surface area contributed by atoms with Crippen LogP contribution in [0.1, 0.15) is 265 Å². The third kappa shape index (κ3) is 60.3. The number of ether oxygens (including phenoxy) is 3. The first-order chi connectivity index (χ1) is 37.0. The number of allylic oxidation sites excluding steroid dienone is 22. The number of esters is 3. The van der Waals surface area contributed by atoms with Gasteiger partial charge in [-0.1, -0.05) is 251 Å². The van der Waals surface area contributed by atoms with Crippen LogP contribution in [0.15, 0.2) is 134 Å². The molecule has 1 atom stereocenters. The van der Waals surface area contributed by atoms with Gasteiger partial charge < -0.3 is 14.2 Å². The summed E-state index contributed by atoms with van der Waals surface area (Å²) in [6, 6.07) is 0. The second-order valence-corrected chi connectivity index (χ2v) is 19.8. The minimum Gasteiger partial charge on any atom is -0.462 e. The first kappa shape index (κ1) is 70.5. The fourth-order valence-electron chi connectivity index (χ4n) is 8.15. The number of unbranched alkanes of at least 4 members (excludes halogenated alkanes) is 21. The Morgan fingerprint density at radius 1 is 0.267 bits per heavy atom. The Balaban J connectivity index is 4.28. The number of carbonyl (C=O) groups is 3. The molecule has 0 aliphatic rings. The summed E-state index contributed by atoms with van der Waals surface area (Å²) in [5.41, 5.74) is 0. The zero-order chi connectivity index (χ0) is 54.3. The first-order valence-corrected chi connectivity index (χ1v) is 30.7. The van der Waals surface area contributed by atoms with Crippen LogP contribution in [-0.4, -0.2) is 37.2 Å². The SMILES string of the molecule is CC/C=C\C/C=C\C/C=C\C/C=C\CCCCCCCCCCCCCCCCCCC(=O)OCC(COC(=O)CCCCC/C=C\C/C=C\C/C=C\CC)OC(=O)CCCC/C=C\C/C=C\C/C=C\C/C=C\CC. The van der Waals surface area contributed by atoms with E-state index in [9.17, 15) is 14.4 Å². The monoisotopic (exact) mass is 1040 g/mol. The average molecular weight is 1040 g/mol. The molecule has 6 nitrogen and oxygen atoms in total. The topological polar surface area (TPSA) is 78.9 Å². The predicted octanol–water partition coefficient (Wildman–Crippen LogP) is 21.0. The minimum absolute atomic E-state index is 0.107. The maximum absolute atomic E-state index is 12.8. The van der Waals surface area contributed by atoms with Crippen LogP contribution in [0.5, 0.6) is 0 Å². The number of carbonyl (C=O) groups excluding carboxylic acids is 3. The molecule has 0 rings (SSSR count). The van der Waals surface area contributed by atoms with Gasteiger partial charge in [0.1, 0.15) is 13.2 Å². The molecular weight excluding hydrogens is 925 g/mol. The van der Waals surface area contributed by atoms with E-state index in [1.807, 2.05) is 0 Å². The van der Waals surface area contributed by atoms with Gasteiger partial charge in [0.05, 0.1) is 0 Å². The quantitative estimate of drug-likeness (QED) is 0.0261. The molecule has 0 saturated carbocycles. The van der Waals surface area contributed by atoms with E-state index in [1.165, 1.54) is 89.9 Å². The smallest absolute Gasteiger partial charge is 0.306 e. The molecule has 0 bridgehead atoms. The van der Waals surface area contributed by atoms with Gasteiger partial charge in [-0.3, -0.25) is 14.4 Å². The molecule has 0 spiro atoms. The third-order valence-electron chi connectivity index (χ3n) is 12.6. The highest BCUT2D eigenvalue weighted by atomic mass is 16.6. The molecule has 6 heteroatoms. The van der Waals surface area contributed by atoms with E-state index in [0.717, 1.165) is 128 Å². The van der Waals surface area contributed by atoms with Crippen LogP contribution in [0.3, 0.4) is 0 Å². The van der Waals surface area contributed by atoms with Crippen molar-refractivity contribution in [2.75, 3.05) is 13.2 Å².